The van der Waals surface area contributed by atoms with Crippen LogP contribution < -0.4 is 11.3 Å². The van der Waals surface area contributed by atoms with Gasteiger partial charge >= 0.3 is 0 Å². The number of nitrogens with zero attached hydrogens (tertiary/aromatic N) is 3. The summed E-state index contributed by atoms with van der Waals surface area (Å²) in [4.78, 5) is 22.1. The lowest BCUT2D eigenvalue weighted by atomic mass is 10.1. The van der Waals surface area contributed by atoms with Crippen molar-refractivity contribution in [1.82, 2.24) is 19.5 Å². The topological polar surface area (TPSA) is 89.6 Å². The van der Waals surface area contributed by atoms with Crippen molar-refractivity contribution < 1.29 is 0 Å². The van der Waals surface area contributed by atoms with E-state index < -0.39 is 0 Å². The van der Waals surface area contributed by atoms with E-state index >= 15 is 0 Å². The molecule has 2 rings (SSSR count). The Kier molecular flexibility index (Phi) is 2.64. The van der Waals surface area contributed by atoms with Crippen molar-refractivity contribution in [2.24, 2.45) is 5.92 Å². The van der Waals surface area contributed by atoms with E-state index in [0.29, 0.717) is 17.1 Å². The van der Waals surface area contributed by atoms with E-state index in [4.69, 9.17) is 5.73 Å². The van der Waals surface area contributed by atoms with E-state index in [1.54, 1.807) is 6.33 Å². The summed E-state index contributed by atoms with van der Waals surface area (Å²) in [5.41, 5.74) is 6.12. The second-order valence-corrected chi connectivity index (χ2v) is 4.03. The first-order valence-electron chi connectivity index (χ1n) is 5.32. The molecule has 0 fully saturated rings. The first kappa shape index (κ1) is 10.7. The van der Waals surface area contributed by atoms with E-state index in [1.165, 1.54) is 0 Å². The van der Waals surface area contributed by atoms with Crippen molar-refractivity contribution in [3.05, 3.63) is 16.7 Å². The van der Waals surface area contributed by atoms with Crippen LogP contribution in [0.5, 0.6) is 0 Å². The number of nitrogens with two attached hydrogens (primary N) is 1. The fourth-order valence-corrected chi connectivity index (χ4v) is 1.57. The maximum Gasteiger partial charge on any atom is 0.280 e. The summed E-state index contributed by atoms with van der Waals surface area (Å²) in [6, 6.07) is 0. The average Bonchev–Trinajstić information content (AvgIpc) is 2.61. The third-order valence-electron chi connectivity index (χ3n) is 2.70. The number of fused-ring (bicyclic) bond motifs is 1. The number of imidazole rings is 1. The zero-order valence-corrected chi connectivity index (χ0v) is 9.40. The normalized spacial score (nSPS) is 13.1. The lowest BCUT2D eigenvalue weighted by Gasteiger charge is -2.09. The van der Waals surface area contributed by atoms with Gasteiger partial charge in [0.25, 0.3) is 5.56 Å². The number of hydrogen-bond donors (Lipinski definition) is 2. The molecule has 3 N–H and O–H groups in total. The highest BCUT2D eigenvalue weighted by molar-refractivity contribution is 5.70. The molecule has 0 aromatic carbocycles. The summed E-state index contributed by atoms with van der Waals surface area (Å²) in [5.74, 6) is 0.642. The molecule has 0 saturated heterocycles. The summed E-state index contributed by atoms with van der Waals surface area (Å²) in [5, 5.41) is 0. The predicted molar refractivity (Wildman–Crippen MR) is 62.0 cm³/mol. The van der Waals surface area contributed by atoms with Crippen LogP contribution in [0.25, 0.3) is 11.2 Å². The maximum absolute atomic E-state index is 11.5. The first-order chi connectivity index (χ1) is 7.61. The van der Waals surface area contributed by atoms with Gasteiger partial charge in [-0.25, -0.2) is 4.98 Å². The molecule has 0 aliphatic carbocycles. The fraction of sp³-hybridized carbons (Fsp3) is 0.500. The van der Waals surface area contributed by atoms with Gasteiger partial charge in [0.15, 0.2) is 11.2 Å². The number of rotatable bonds is 3. The van der Waals surface area contributed by atoms with Crippen molar-refractivity contribution >= 4 is 17.1 Å². The second kappa shape index (κ2) is 3.96. The van der Waals surface area contributed by atoms with Crippen LogP contribution in [0.3, 0.4) is 0 Å². The van der Waals surface area contributed by atoms with Gasteiger partial charge in [0, 0.05) is 6.54 Å². The van der Waals surface area contributed by atoms with Crippen LogP contribution in [0.1, 0.15) is 20.3 Å². The van der Waals surface area contributed by atoms with Crippen molar-refractivity contribution in [1.29, 1.82) is 0 Å². The summed E-state index contributed by atoms with van der Waals surface area (Å²) < 4.78 is 1.87. The Morgan fingerprint density at radius 1 is 1.62 bits per heavy atom. The van der Waals surface area contributed by atoms with Crippen LogP contribution in [0.2, 0.25) is 0 Å². The second-order valence-electron chi connectivity index (χ2n) is 4.03. The molecule has 2 aromatic heterocycles. The van der Waals surface area contributed by atoms with Crippen molar-refractivity contribution in [2.75, 3.05) is 5.73 Å². The molecule has 2 heterocycles. The lowest BCUT2D eigenvalue weighted by Crippen LogP contribution is -2.13. The molecule has 2 aromatic rings. The molecule has 0 spiro atoms. The largest absolute Gasteiger partial charge is 0.369 e. The Hall–Kier alpha value is -1.85. The van der Waals surface area contributed by atoms with Gasteiger partial charge in [-0.3, -0.25) is 9.78 Å². The standard InChI is InChI=1S/C10H15N5O/c1-3-6(2)4-15-5-12-7-8(15)13-10(11)14-9(7)16/h5-6H,3-4H2,1-2H3,(H3,11,13,14,16)/t6-/m1/s1. The van der Waals surface area contributed by atoms with Gasteiger partial charge in [-0.1, -0.05) is 20.3 Å². The van der Waals surface area contributed by atoms with Gasteiger partial charge in [0.1, 0.15) is 0 Å². The fourth-order valence-electron chi connectivity index (χ4n) is 1.57. The van der Waals surface area contributed by atoms with E-state index in [1.807, 2.05) is 4.57 Å². The number of aromatic nitrogens is 4. The van der Waals surface area contributed by atoms with Gasteiger partial charge in [0.2, 0.25) is 5.95 Å². The Bertz CT molecular complexity index is 556. The van der Waals surface area contributed by atoms with Crippen LogP contribution in [0.15, 0.2) is 11.1 Å². The highest BCUT2D eigenvalue weighted by Gasteiger charge is 2.10. The van der Waals surface area contributed by atoms with E-state index in [-0.39, 0.29) is 11.5 Å². The van der Waals surface area contributed by atoms with E-state index in [9.17, 15) is 4.79 Å². The zero-order chi connectivity index (χ0) is 11.7. The Morgan fingerprint density at radius 2 is 2.38 bits per heavy atom. The van der Waals surface area contributed by atoms with Crippen LogP contribution in [-0.4, -0.2) is 19.5 Å². The van der Waals surface area contributed by atoms with Crippen molar-refractivity contribution in [2.45, 2.75) is 26.8 Å². The number of hydrogen-bond acceptors (Lipinski definition) is 4. The molecule has 86 valence electrons. The Labute approximate surface area is 92.5 Å². The molecular formula is C10H15N5O. The van der Waals surface area contributed by atoms with Crippen LogP contribution in [0, 0.1) is 5.92 Å². The number of H-pyrrole nitrogens is 1. The third kappa shape index (κ3) is 1.78. The van der Waals surface area contributed by atoms with E-state index in [0.717, 1.165) is 13.0 Å². The molecule has 0 aliphatic rings. The molecule has 0 radical (unpaired) electrons. The van der Waals surface area contributed by atoms with Crippen LogP contribution >= 0.6 is 0 Å². The van der Waals surface area contributed by atoms with E-state index in [2.05, 4.69) is 28.8 Å². The molecular weight excluding hydrogens is 206 g/mol. The summed E-state index contributed by atoms with van der Waals surface area (Å²) in [6.07, 6.45) is 2.71. The van der Waals surface area contributed by atoms with Crippen LogP contribution in [-0.2, 0) is 6.54 Å². The summed E-state index contributed by atoms with van der Waals surface area (Å²) >= 11 is 0. The quantitative estimate of drug-likeness (QED) is 0.800. The minimum absolute atomic E-state index is 0.128. The predicted octanol–water partition coefficient (Wildman–Crippen LogP) is 0.748. The molecule has 0 bridgehead atoms. The monoisotopic (exact) mass is 221 g/mol. The molecule has 6 nitrogen and oxygen atoms in total. The smallest absolute Gasteiger partial charge is 0.280 e. The zero-order valence-electron chi connectivity index (χ0n) is 9.40. The van der Waals surface area contributed by atoms with Gasteiger partial charge in [-0.15, -0.1) is 0 Å². The molecule has 0 aliphatic heterocycles. The molecule has 0 amide bonds. The first-order valence-corrected chi connectivity index (χ1v) is 5.32. The van der Waals surface area contributed by atoms with Crippen LogP contribution in [0.4, 0.5) is 5.95 Å². The van der Waals surface area contributed by atoms with Gasteiger partial charge in [-0.2, -0.15) is 4.98 Å². The van der Waals surface area contributed by atoms with Gasteiger partial charge in [-0.05, 0) is 5.92 Å². The third-order valence-corrected chi connectivity index (χ3v) is 2.70. The molecule has 16 heavy (non-hydrogen) atoms. The highest BCUT2D eigenvalue weighted by Crippen LogP contribution is 2.11. The Balaban J connectivity index is 2.51. The molecule has 0 saturated carbocycles. The number of aromatic amines is 1. The maximum atomic E-state index is 11.5. The SMILES string of the molecule is CC[C@@H](C)Cn1cnc2c(=O)[nH]c(N)nc21. The van der Waals surface area contributed by atoms with Gasteiger partial charge in [0.05, 0.1) is 6.33 Å². The number of anilines is 1. The van der Waals surface area contributed by atoms with Crippen molar-refractivity contribution in [3.63, 3.8) is 0 Å². The summed E-state index contributed by atoms with van der Waals surface area (Å²) in [6.45, 7) is 5.06. The molecule has 1 atom stereocenters. The lowest BCUT2D eigenvalue weighted by molar-refractivity contribution is 0.474. The minimum Gasteiger partial charge on any atom is -0.369 e. The highest BCUT2D eigenvalue weighted by atomic mass is 16.1. The number of nitrogen functional groups attached to an aromatic ring is 1. The molecule has 6 heteroatoms. The minimum atomic E-state index is -0.287. The van der Waals surface area contributed by atoms with Crippen molar-refractivity contribution in [3.8, 4) is 0 Å². The van der Waals surface area contributed by atoms with Gasteiger partial charge < -0.3 is 10.3 Å². The number of nitrogens with one attached hydrogen (secondary N) is 1. The average molecular weight is 221 g/mol. The Morgan fingerprint density at radius 3 is 3.06 bits per heavy atom. The summed E-state index contributed by atoms with van der Waals surface area (Å²) in [7, 11) is 0. The molecule has 0 unspecified atom stereocenters.